The van der Waals surface area contributed by atoms with Crippen LogP contribution in [0.4, 0.5) is 11.6 Å². The van der Waals surface area contributed by atoms with Crippen molar-refractivity contribution in [3.63, 3.8) is 0 Å². The van der Waals surface area contributed by atoms with Gasteiger partial charge in [-0.3, -0.25) is 9.36 Å². The number of thioether (sulfide) groups is 1. The fraction of sp³-hybridized carbons (Fsp3) is 0.286. The van der Waals surface area contributed by atoms with E-state index in [0.717, 1.165) is 16.1 Å². The van der Waals surface area contributed by atoms with Crippen molar-refractivity contribution < 1.29 is 13.2 Å². The number of anilines is 2. The Kier molecular flexibility index (Phi) is 6.19. The maximum Gasteiger partial charge on any atom is 0.244 e. The van der Waals surface area contributed by atoms with Crippen molar-refractivity contribution in [1.29, 1.82) is 5.26 Å². The Bertz CT molecular complexity index is 930. The minimum atomic E-state index is -3.53. The topological polar surface area (TPSA) is 147 Å². The van der Waals surface area contributed by atoms with Gasteiger partial charge in [-0.1, -0.05) is 11.8 Å². The van der Waals surface area contributed by atoms with E-state index >= 15 is 0 Å². The van der Waals surface area contributed by atoms with Crippen LogP contribution in [0.15, 0.2) is 34.3 Å². The van der Waals surface area contributed by atoms with Gasteiger partial charge in [-0.15, -0.1) is 10.2 Å². The molecule has 0 saturated heterocycles. The van der Waals surface area contributed by atoms with Crippen LogP contribution >= 0.6 is 11.8 Å². The van der Waals surface area contributed by atoms with Gasteiger partial charge >= 0.3 is 0 Å². The summed E-state index contributed by atoms with van der Waals surface area (Å²) in [4.78, 5) is 12.3. The maximum atomic E-state index is 12.2. The first-order valence-corrected chi connectivity index (χ1v) is 9.69. The number of amides is 1. The fourth-order valence-electron chi connectivity index (χ4n) is 1.92. The molecule has 0 unspecified atom stereocenters. The van der Waals surface area contributed by atoms with Crippen LogP contribution in [0.3, 0.4) is 0 Å². The van der Waals surface area contributed by atoms with Crippen molar-refractivity contribution in [2.24, 2.45) is 0 Å². The third kappa shape index (κ3) is 4.51. The van der Waals surface area contributed by atoms with Crippen LogP contribution < -0.4 is 11.1 Å². The molecule has 0 saturated carbocycles. The first-order valence-electron chi connectivity index (χ1n) is 7.26. The van der Waals surface area contributed by atoms with E-state index in [4.69, 9.17) is 11.0 Å². The number of nitrogens with zero attached hydrogens (tertiary/aromatic N) is 5. The van der Waals surface area contributed by atoms with Gasteiger partial charge in [-0.05, 0) is 24.3 Å². The van der Waals surface area contributed by atoms with Crippen LogP contribution in [-0.2, 0) is 21.4 Å². The Labute approximate surface area is 155 Å². The number of hydrogen-bond donors (Lipinski definition) is 2. The number of nitrogens with one attached hydrogen (secondary N) is 1. The average molecular weight is 395 g/mol. The standard InChI is InChI=1S/C14H17N7O3S2/c1-20(2)26(23,24)11-5-3-10(4-6-11)17-12(22)9-21-13(16)18-19-14(21)25-8-7-15/h3-6H,8-9H2,1-2H3,(H2,16,18)(H,17,22). The van der Waals surface area contributed by atoms with E-state index in [2.05, 4.69) is 15.5 Å². The Balaban J connectivity index is 2.07. The summed E-state index contributed by atoms with van der Waals surface area (Å²) in [7, 11) is -0.647. The van der Waals surface area contributed by atoms with Crippen LogP contribution in [0.25, 0.3) is 0 Å². The molecule has 0 bridgehead atoms. The number of nitrogens with two attached hydrogens (primary N) is 1. The number of hydrogen-bond acceptors (Lipinski definition) is 8. The van der Waals surface area contributed by atoms with Gasteiger partial charge in [0.25, 0.3) is 0 Å². The van der Waals surface area contributed by atoms with Gasteiger partial charge in [0.05, 0.1) is 16.7 Å². The molecule has 1 heterocycles. The third-order valence-corrected chi connectivity index (χ3v) is 5.89. The summed E-state index contributed by atoms with van der Waals surface area (Å²) < 4.78 is 26.5. The molecule has 138 valence electrons. The summed E-state index contributed by atoms with van der Waals surface area (Å²) in [5, 5.41) is 19.2. The zero-order valence-corrected chi connectivity index (χ0v) is 15.7. The summed E-state index contributed by atoms with van der Waals surface area (Å²) >= 11 is 1.12. The van der Waals surface area contributed by atoms with Crippen LogP contribution in [0.2, 0.25) is 0 Å². The molecule has 0 aliphatic carbocycles. The van der Waals surface area contributed by atoms with Crippen LogP contribution in [-0.4, -0.2) is 53.2 Å². The van der Waals surface area contributed by atoms with Crippen LogP contribution in [0.1, 0.15) is 0 Å². The van der Waals surface area contributed by atoms with E-state index in [1.165, 1.54) is 42.9 Å². The predicted molar refractivity (Wildman–Crippen MR) is 96.7 cm³/mol. The highest BCUT2D eigenvalue weighted by molar-refractivity contribution is 7.99. The molecule has 0 spiro atoms. The molecule has 0 radical (unpaired) electrons. The normalized spacial score (nSPS) is 11.3. The van der Waals surface area contributed by atoms with E-state index in [1.54, 1.807) is 0 Å². The van der Waals surface area contributed by atoms with Crippen molar-refractivity contribution in [1.82, 2.24) is 19.1 Å². The fourth-order valence-corrected chi connectivity index (χ4v) is 3.43. The van der Waals surface area contributed by atoms with Crippen molar-refractivity contribution >= 4 is 39.3 Å². The summed E-state index contributed by atoms with van der Waals surface area (Å²) in [6.07, 6.45) is 0. The molecule has 0 atom stereocenters. The highest BCUT2D eigenvalue weighted by Crippen LogP contribution is 2.19. The number of nitriles is 1. The number of carbonyl (C=O) groups is 1. The lowest BCUT2D eigenvalue weighted by Crippen LogP contribution is -2.22. The van der Waals surface area contributed by atoms with E-state index in [0.29, 0.717) is 10.8 Å². The quantitative estimate of drug-likeness (QED) is 0.639. The molecular weight excluding hydrogens is 378 g/mol. The van der Waals surface area contributed by atoms with Gasteiger partial charge in [0, 0.05) is 19.8 Å². The molecular formula is C14H17N7O3S2. The summed E-state index contributed by atoms with van der Waals surface area (Å²) in [6, 6.07) is 7.77. The lowest BCUT2D eigenvalue weighted by molar-refractivity contribution is -0.116. The zero-order chi connectivity index (χ0) is 19.3. The number of nitrogen functional groups attached to an aromatic ring is 1. The SMILES string of the molecule is CN(C)S(=O)(=O)c1ccc(NC(=O)Cn2c(N)nnc2SCC#N)cc1. The second-order valence-corrected chi connectivity index (χ2v) is 8.33. The van der Waals surface area contributed by atoms with Gasteiger partial charge < -0.3 is 11.1 Å². The number of sulfonamides is 1. The number of aromatic nitrogens is 3. The highest BCUT2D eigenvalue weighted by atomic mass is 32.2. The molecule has 1 aromatic heterocycles. The molecule has 1 aromatic carbocycles. The molecule has 2 rings (SSSR count). The highest BCUT2D eigenvalue weighted by Gasteiger charge is 2.17. The van der Waals surface area contributed by atoms with E-state index in [1.807, 2.05) is 6.07 Å². The molecule has 12 heteroatoms. The van der Waals surface area contributed by atoms with Gasteiger partial charge in [0.2, 0.25) is 21.9 Å². The average Bonchev–Trinajstić information content (AvgIpc) is 2.93. The molecule has 3 N–H and O–H groups in total. The Morgan fingerprint density at radius 3 is 2.58 bits per heavy atom. The summed E-state index contributed by atoms with van der Waals surface area (Å²) in [5.41, 5.74) is 6.13. The largest absolute Gasteiger partial charge is 0.368 e. The second kappa shape index (κ2) is 8.17. The Morgan fingerprint density at radius 1 is 1.35 bits per heavy atom. The van der Waals surface area contributed by atoms with Gasteiger partial charge in [-0.2, -0.15) is 5.26 Å². The first kappa shape index (κ1) is 19.7. The van der Waals surface area contributed by atoms with E-state index in [-0.39, 0.29) is 23.1 Å². The second-order valence-electron chi connectivity index (χ2n) is 5.23. The third-order valence-electron chi connectivity index (χ3n) is 3.23. The van der Waals surface area contributed by atoms with Crippen molar-refractivity contribution in [2.45, 2.75) is 16.6 Å². The molecule has 26 heavy (non-hydrogen) atoms. The minimum Gasteiger partial charge on any atom is -0.368 e. The minimum absolute atomic E-state index is 0.0630. The van der Waals surface area contributed by atoms with Crippen LogP contribution in [0.5, 0.6) is 0 Å². The molecule has 1 amide bonds. The number of rotatable bonds is 7. The molecule has 0 fully saturated rings. The van der Waals surface area contributed by atoms with E-state index in [9.17, 15) is 13.2 Å². The number of carbonyl (C=O) groups excluding carboxylic acids is 1. The van der Waals surface area contributed by atoms with Crippen LogP contribution in [0, 0.1) is 11.3 Å². The lowest BCUT2D eigenvalue weighted by atomic mass is 10.3. The monoisotopic (exact) mass is 395 g/mol. The maximum absolute atomic E-state index is 12.2. The van der Waals surface area contributed by atoms with Gasteiger partial charge in [0.1, 0.15) is 6.54 Å². The van der Waals surface area contributed by atoms with Crippen molar-refractivity contribution in [3.8, 4) is 6.07 Å². The van der Waals surface area contributed by atoms with Gasteiger partial charge in [0.15, 0.2) is 5.16 Å². The zero-order valence-electron chi connectivity index (χ0n) is 14.1. The van der Waals surface area contributed by atoms with Crippen molar-refractivity contribution in [3.05, 3.63) is 24.3 Å². The summed E-state index contributed by atoms with van der Waals surface area (Å²) in [6.45, 7) is -0.135. The number of benzene rings is 1. The first-order chi connectivity index (χ1) is 12.3. The molecule has 10 nitrogen and oxygen atoms in total. The Hall–Kier alpha value is -2.62. The molecule has 2 aromatic rings. The Morgan fingerprint density at radius 2 is 2.00 bits per heavy atom. The smallest absolute Gasteiger partial charge is 0.244 e. The lowest BCUT2D eigenvalue weighted by Gasteiger charge is -2.12. The predicted octanol–water partition coefficient (Wildman–Crippen LogP) is 0.365. The molecule has 0 aliphatic heterocycles. The van der Waals surface area contributed by atoms with Crippen molar-refractivity contribution in [2.75, 3.05) is 30.9 Å². The van der Waals surface area contributed by atoms with Gasteiger partial charge in [-0.25, -0.2) is 12.7 Å². The summed E-state index contributed by atoms with van der Waals surface area (Å²) in [5.74, 6) is -0.173. The molecule has 0 aliphatic rings. The van der Waals surface area contributed by atoms with E-state index < -0.39 is 15.9 Å².